The quantitative estimate of drug-likeness (QED) is 0.843. The predicted octanol–water partition coefficient (Wildman–Crippen LogP) is 2.24. The lowest BCUT2D eigenvalue weighted by molar-refractivity contribution is 0.304. The van der Waals surface area contributed by atoms with Gasteiger partial charge >= 0.3 is 0 Å². The van der Waals surface area contributed by atoms with Crippen LogP contribution in [-0.2, 0) is 7.05 Å². The maximum atomic E-state index is 5.92. The highest BCUT2D eigenvalue weighted by molar-refractivity contribution is 5.60. The van der Waals surface area contributed by atoms with Crippen molar-refractivity contribution in [1.82, 2.24) is 9.78 Å². The minimum absolute atomic E-state index is 0.488. The molecular weight excluding hydrogens is 212 g/mol. The Morgan fingerprint density at radius 2 is 2.29 bits per heavy atom. The summed E-state index contributed by atoms with van der Waals surface area (Å²) in [6, 6.07) is 0.488. The van der Waals surface area contributed by atoms with E-state index in [1.54, 1.807) is 4.68 Å². The molecule has 2 saturated carbocycles. The van der Waals surface area contributed by atoms with Gasteiger partial charge in [0.1, 0.15) is 0 Å². The molecular formula is C13H22N4. The minimum Gasteiger partial charge on any atom is -0.394 e. The van der Waals surface area contributed by atoms with Gasteiger partial charge in [-0.25, -0.2) is 0 Å². The molecule has 0 amide bonds. The van der Waals surface area contributed by atoms with Gasteiger partial charge in [-0.2, -0.15) is 5.10 Å². The second kappa shape index (κ2) is 3.93. The number of hydrogen-bond donors (Lipinski definition) is 2. The summed E-state index contributed by atoms with van der Waals surface area (Å²) in [5.41, 5.74) is 6.67. The minimum atomic E-state index is 0.488. The lowest BCUT2D eigenvalue weighted by Gasteiger charge is -2.28. The van der Waals surface area contributed by atoms with Crippen LogP contribution in [0, 0.1) is 17.8 Å². The summed E-state index contributed by atoms with van der Waals surface area (Å²) in [6.45, 7) is 2.28. The molecule has 94 valence electrons. The van der Waals surface area contributed by atoms with Crippen LogP contribution in [0.5, 0.6) is 0 Å². The number of nitrogens with two attached hydrogens (primary N) is 1. The molecule has 1 aromatic rings. The molecule has 1 heterocycles. The molecule has 0 spiro atoms. The van der Waals surface area contributed by atoms with E-state index < -0.39 is 0 Å². The number of aromatic nitrogens is 2. The second-order valence-electron chi connectivity index (χ2n) is 5.88. The second-order valence-corrected chi connectivity index (χ2v) is 5.88. The van der Waals surface area contributed by atoms with Crippen molar-refractivity contribution in [3.63, 3.8) is 0 Å². The van der Waals surface area contributed by atoms with Gasteiger partial charge in [-0.15, -0.1) is 0 Å². The molecule has 3 rings (SSSR count). The Hall–Kier alpha value is -1.19. The van der Waals surface area contributed by atoms with E-state index in [-0.39, 0.29) is 0 Å². The van der Waals surface area contributed by atoms with Crippen LogP contribution < -0.4 is 11.1 Å². The number of hydrogen-bond acceptors (Lipinski definition) is 3. The van der Waals surface area contributed by atoms with Crippen LogP contribution in [0.15, 0.2) is 6.20 Å². The molecule has 17 heavy (non-hydrogen) atoms. The van der Waals surface area contributed by atoms with Crippen molar-refractivity contribution < 1.29 is 0 Å². The number of nitrogens with one attached hydrogen (secondary N) is 1. The van der Waals surface area contributed by atoms with Gasteiger partial charge in [0.2, 0.25) is 0 Å². The number of aryl methyl sites for hydroxylation is 1. The fourth-order valence-electron chi connectivity index (χ4n) is 3.85. The molecule has 2 bridgehead atoms. The molecule has 0 saturated heterocycles. The summed E-state index contributed by atoms with van der Waals surface area (Å²) >= 11 is 0. The standard InChI is InChI=1S/C13H22N4/c1-8(11-6-9-3-4-10(11)5-9)15-13-12(14)7-17(2)16-13/h7-11H,3-6,14H2,1-2H3,(H,15,16). The van der Waals surface area contributed by atoms with Crippen LogP contribution in [0.3, 0.4) is 0 Å². The van der Waals surface area contributed by atoms with Crippen LogP contribution in [0.1, 0.15) is 32.6 Å². The average molecular weight is 234 g/mol. The molecule has 0 aliphatic heterocycles. The maximum Gasteiger partial charge on any atom is 0.171 e. The molecule has 2 aliphatic rings. The largest absolute Gasteiger partial charge is 0.394 e. The Labute approximate surface area is 103 Å². The SMILES string of the molecule is CC(Nc1nn(C)cc1N)C1CC2CCC1C2. The van der Waals surface area contributed by atoms with E-state index in [0.717, 1.165) is 29.3 Å². The van der Waals surface area contributed by atoms with E-state index in [0.29, 0.717) is 6.04 Å². The summed E-state index contributed by atoms with van der Waals surface area (Å²) in [7, 11) is 1.91. The fraction of sp³-hybridized carbons (Fsp3) is 0.769. The average Bonchev–Trinajstić information content (AvgIpc) is 2.94. The Bertz CT molecular complexity index is 412. The number of nitrogens with zero attached hydrogens (tertiary/aromatic N) is 2. The highest BCUT2D eigenvalue weighted by Gasteiger charge is 2.41. The molecule has 0 radical (unpaired) electrons. The smallest absolute Gasteiger partial charge is 0.171 e. The molecule has 2 aliphatic carbocycles. The number of anilines is 2. The van der Waals surface area contributed by atoms with Crippen LogP contribution in [0.25, 0.3) is 0 Å². The van der Waals surface area contributed by atoms with E-state index in [1.807, 2.05) is 13.2 Å². The van der Waals surface area contributed by atoms with E-state index in [2.05, 4.69) is 17.3 Å². The van der Waals surface area contributed by atoms with Crippen molar-refractivity contribution in [2.75, 3.05) is 11.1 Å². The zero-order chi connectivity index (χ0) is 12.0. The third-order valence-electron chi connectivity index (χ3n) is 4.66. The highest BCUT2D eigenvalue weighted by Crippen LogP contribution is 2.49. The lowest BCUT2D eigenvalue weighted by Crippen LogP contribution is -2.30. The first kappa shape index (κ1) is 10.9. The predicted molar refractivity (Wildman–Crippen MR) is 69.6 cm³/mol. The molecule has 4 nitrogen and oxygen atoms in total. The first-order valence-corrected chi connectivity index (χ1v) is 6.69. The molecule has 3 N–H and O–H groups in total. The summed E-state index contributed by atoms with van der Waals surface area (Å²) in [6.07, 6.45) is 7.59. The Balaban J connectivity index is 1.67. The molecule has 4 unspecified atom stereocenters. The fourth-order valence-corrected chi connectivity index (χ4v) is 3.85. The van der Waals surface area contributed by atoms with Crippen LogP contribution in [0.2, 0.25) is 0 Å². The third kappa shape index (κ3) is 1.90. The zero-order valence-corrected chi connectivity index (χ0v) is 10.7. The van der Waals surface area contributed by atoms with Gasteiger partial charge in [-0.1, -0.05) is 6.42 Å². The molecule has 4 atom stereocenters. The van der Waals surface area contributed by atoms with Crippen molar-refractivity contribution >= 4 is 11.5 Å². The molecule has 2 fully saturated rings. The van der Waals surface area contributed by atoms with Crippen LogP contribution >= 0.6 is 0 Å². The van der Waals surface area contributed by atoms with E-state index >= 15 is 0 Å². The van der Waals surface area contributed by atoms with Gasteiger partial charge in [-0.05, 0) is 43.9 Å². The van der Waals surface area contributed by atoms with Crippen LogP contribution in [0.4, 0.5) is 11.5 Å². The van der Waals surface area contributed by atoms with Crippen molar-refractivity contribution in [3.05, 3.63) is 6.20 Å². The first-order chi connectivity index (χ1) is 8.13. The monoisotopic (exact) mass is 234 g/mol. The third-order valence-corrected chi connectivity index (χ3v) is 4.66. The molecule has 0 aromatic carbocycles. The Morgan fingerprint density at radius 3 is 2.82 bits per heavy atom. The zero-order valence-electron chi connectivity index (χ0n) is 10.7. The normalized spacial score (nSPS) is 32.9. The maximum absolute atomic E-state index is 5.92. The lowest BCUT2D eigenvalue weighted by atomic mass is 9.84. The Kier molecular flexibility index (Phi) is 2.53. The van der Waals surface area contributed by atoms with E-state index in [4.69, 9.17) is 5.73 Å². The van der Waals surface area contributed by atoms with Gasteiger partial charge in [-0.3, -0.25) is 4.68 Å². The van der Waals surface area contributed by atoms with Crippen molar-refractivity contribution in [2.45, 2.75) is 38.6 Å². The molecule has 4 heteroatoms. The first-order valence-electron chi connectivity index (χ1n) is 6.69. The Morgan fingerprint density at radius 1 is 1.47 bits per heavy atom. The van der Waals surface area contributed by atoms with Crippen molar-refractivity contribution in [3.8, 4) is 0 Å². The van der Waals surface area contributed by atoms with Gasteiger partial charge in [0.25, 0.3) is 0 Å². The van der Waals surface area contributed by atoms with E-state index in [1.165, 1.54) is 25.7 Å². The summed E-state index contributed by atoms with van der Waals surface area (Å²) in [4.78, 5) is 0. The van der Waals surface area contributed by atoms with E-state index in [9.17, 15) is 0 Å². The van der Waals surface area contributed by atoms with Gasteiger partial charge in [0.05, 0.1) is 5.69 Å². The molecule has 1 aromatic heterocycles. The topological polar surface area (TPSA) is 55.9 Å². The number of fused-ring (bicyclic) bond motifs is 2. The number of nitrogen functional groups attached to an aromatic ring is 1. The van der Waals surface area contributed by atoms with Gasteiger partial charge < -0.3 is 11.1 Å². The van der Waals surface area contributed by atoms with Crippen LogP contribution in [-0.4, -0.2) is 15.8 Å². The van der Waals surface area contributed by atoms with Crippen molar-refractivity contribution in [1.29, 1.82) is 0 Å². The summed E-state index contributed by atoms with van der Waals surface area (Å²) < 4.78 is 1.77. The highest BCUT2D eigenvalue weighted by atomic mass is 15.3. The van der Waals surface area contributed by atoms with Gasteiger partial charge in [0, 0.05) is 19.3 Å². The van der Waals surface area contributed by atoms with Gasteiger partial charge in [0.15, 0.2) is 5.82 Å². The summed E-state index contributed by atoms with van der Waals surface area (Å²) in [5.74, 6) is 3.60. The summed E-state index contributed by atoms with van der Waals surface area (Å²) in [5, 5.41) is 7.87. The number of rotatable bonds is 3. The van der Waals surface area contributed by atoms with Crippen molar-refractivity contribution in [2.24, 2.45) is 24.8 Å².